The number of carbonyl (C=O) groups is 1. The van der Waals surface area contributed by atoms with Crippen LogP contribution in [0, 0.1) is 0 Å². The zero-order valence-corrected chi connectivity index (χ0v) is 12.7. The highest BCUT2D eigenvalue weighted by Gasteiger charge is 2.42. The Bertz CT molecular complexity index is 728. The number of aromatic carboxylic acids is 1. The molecule has 0 aliphatic carbocycles. The zero-order chi connectivity index (χ0) is 18.2. The predicted octanol–water partition coefficient (Wildman–Crippen LogP) is 3.09. The van der Waals surface area contributed by atoms with Crippen LogP contribution in [0.25, 0.3) is 0 Å². The van der Waals surface area contributed by atoms with Crippen molar-refractivity contribution in [2.24, 2.45) is 0 Å². The van der Waals surface area contributed by atoms with Crippen molar-refractivity contribution < 1.29 is 40.3 Å². The molecular formula is C12H12F5NO4S. The molecule has 0 fully saturated rings. The maximum absolute atomic E-state index is 13.1. The maximum Gasteiger partial charge on any atom is 0.434 e. The van der Waals surface area contributed by atoms with Gasteiger partial charge in [-0.15, -0.1) is 0 Å². The third-order valence-electron chi connectivity index (χ3n) is 3.01. The number of carboxylic acid groups (broad SMARTS) is 1. The summed E-state index contributed by atoms with van der Waals surface area (Å²) in [6.07, 6.45) is -9.43. The van der Waals surface area contributed by atoms with Crippen molar-refractivity contribution in [3.63, 3.8) is 0 Å². The van der Waals surface area contributed by atoms with E-state index in [1.807, 2.05) is 0 Å². The molecule has 0 aromatic carbocycles. The minimum absolute atomic E-state index is 0.498. The number of pyridine rings is 1. The molecule has 5 nitrogen and oxygen atoms in total. The zero-order valence-electron chi connectivity index (χ0n) is 11.9. The van der Waals surface area contributed by atoms with Gasteiger partial charge in [-0.25, -0.2) is 27.0 Å². The van der Waals surface area contributed by atoms with Gasteiger partial charge < -0.3 is 5.11 Å². The van der Waals surface area contributed by atoms with Gasteiger partial charge in [0.25, 0.3) is 6.43 Å². The van der Waals surface area contributed by atoms with Crippen LogP contribution in [0.3, 0.4) is 0 Å². The lowest BCUT2D eigenvalue weighted by atomic mass is 10.0. The summed E-state index contributed by atoms with van der Waals surface area (Å²) in [4.78, 5) is 12.7. The van der Waals surface area contributed by atoms with E-state index in [1.165, 1.54) is 6.92 Å². The Morgan fingerprint density at radius 3 is 2.09 bits per heavy atom. The van der Waals surface area contributed by atoms with Crippen LogP contribution in [0.5, 0.6) is 0 Å². The second-order valence-electron chi connectivity index (χ2n) is 4.39. The average Bonchev–Trinajstić information content (AvgIpc) is 2.43. The molecule has 0 aliphatic heterocycles. The molecule has 0 spiro atoms. The number of carboxylic acids is 1. The van der Waals surface area contributed by atoms with E-state index in [4.69, 9.17) is 5.11 Å². The minimum atomic E-state index is -5.32. The Labute approximate surface area is 128 Å². The molecule has 1 rings (SSSR count). The highest BCUT2D eigenvalue weighted by molar-refractivity contribution is 7.91. The topological polar surface area (TPSA) is 84.3 Å². The highest BCUT2D eigenvalue weighted by atomic mass is 32.2. The largest absolute Gasteiger partial charge is 0.478 e. The SMILES string of the molecule is CCc1c(C(=O)O)c(C(F)(F)F)nc(C(F)F)c1S(=O)(=O)CC. The lowest BCUT2D eigenvalue weighted by molar-refractivity contribution is -0.142. The van der Waals surface area contributed by atoms with E-state index < -0.39 is 68.0 Å². The number of hydrogen-bond donors (Lipinski definition) is 1. The summed E-state index contributed by atoms with van der Waals surface area (Å²) >= 11 is 0. The first-order chi connectivity index (χ1) is 10.4. The molecule has 0 bridgehead atoms. The molecule has 130 valence electrons. The molecule has 23 heavy (non-hydrogen) atoms. The van der Waals surface area contributed by atoms with Gasteiger partial charge in [0.05, 0.1) is 16.2 Å². The lowest BCUT2D eigenvalue weighted by Gasteiger charge is -2.19. The average molecular weight is 361 g/mol. The second kappa shape index (κ2) is 6.38. The van der Waals surface area contributed by atoms with Crippen LogP contribution in [-0.2, 0) is 22.4 Å². The number of nitrogens with zero attached hydrogens (tertiary/aromatic N) is 1. The van der Waals surface area contributed by atoms with Crippen LogP contribution >= 0.6 is 0 Å². The number of sulfone groups is 1. The standard InChI is InChI=1S/C12H12F5NO4S/c1-3-5-6(11(19)20)9(12(15,16)17)18-7(10(13)14)8(5)23(21,22)4-2/h10H,3-4H2,1-2H3,(H,19,20). The molecule has 0 aliphatic rings. The van der Waals surface area contributed by atoms with Crippen LogP contribution in [-0.4, -0.2) is 30.2 Å². The summed E-state index contributed by atoms with van der Waals surface area (Å²) in [5, 5.41) is 9.01. The molecule has 0 atom stereocenters. The molecule has 1 aromatic heterocycles. The Morgan fingerprint density at radius 1 is 1.26 bits per heavy atom. The van der Waals surface area contributed by atoms with Crippen molar-refractivity contribution in [1.82, 2.24) is 4.98 Å². The van der Waals surface area contributed by atoms with Gasteiger partial charge in [0.1, 0.15) is 5.69 Å². The van der Waals surface area contributed by atoms with Crippen molar-refractivity contribution in [2.45, 2.75) is 37.8 Å². The maximum atomic E-state index is 13.1. The molecule has 0 saturated heterocycles. The van der Waals surface area contributed by atoms with Crippen molar-refractivity contribution in [1.29, 1.82) is 0 Å². The Balaban J connectivity index is 4.14. The number of hydrogen-bond acceptors (Lipinski definition) is 4. The summed E-state index contributed by atoms with van der Waals surface area (Å²) in [5.41, 5.74) is -5.86. The van der Waals surface area contributed by atoms with Crippen LogP contribution in [0.1, 0.15) is 47.6 Å². The fraction of sp³-hybridized carbons (Fsp3) is 0.500. The van der Waals surface area contributed by atoms with E-state index in [0.29, 0.717) is 0 Å². The number of halogens is 5. The quantitative estimate of drug-likeness (QED) is 0.815. The minimum Gasteiger partial charge on any atom is -0.478 e. The summed E-state index contributed by atoms with van der Waals surface area (Å²) in [5.74, 6) is -2.78. The summed E-state index contributed by atoms with van der Waals surface area (Å²) in [6.45, 7) is 2.27. The molecular weight excluding hydrogens is 349 g/mol. The Hall–Kier alpha value is -1.78. The molecule has 1 heterocycles. The summed E-state index contributed by atoms with van der Waals surface area (Å²) in [7, 11) is -4.41. The lowest BCUT2D eigenvalue weighted by Crippen LogP contribution is -2.23. The fourth-order valence-electron chi connectivity index (χ4n) is 2.05. The monoisotopic (exact) mass is 361 g/mol. The number of rotatable bonds is 5. The molecule has 0 radical (unpaired) electrons. The first-order valence-electron chi connectivity index (χ1n) is 6.26. The van der Waals surface area contributed by atoms with Gasteiger partial charge in [-0.3, -0.25) is 0 Å². The normalized spacial score (nSPS) is 12.7. The number of aromatic nitrogens is 1. The van der Waals surface area contributed by atoms with Gasteiger partial charge in [0.2, 0.25) is 0 Å². The van der Waals surface area contributed by atoms with Gasteiger partial charge in [-0.1, -0.05) is 13.8 Å². The highest BCUT2D eigenvalue weighted by Crippen LogP contribution is 2.38. The van der Waals surface area contributed by atoms with Crippen LogP contribution < -0.4 is 0 Å². The summed E-state index contributed by atoms with van der Waals surface area (Å²) < 4.78 is 89.0. The first-order valence-corrected chi connectivity index (χ1v) is 7.91. The molecule has 1 N–H and O–H groups in total. The van der Waals surface area contributed by atoms with Crippen molar-refractivity contribution in [2.75, 3.05) is 5.75 Å². The molecule has 1 aromatic rings. The number of alkyl halides is 5. The van der Waals surface area contributed by atoms with Gasteiger partial charge in [0.15, 0.2) is 15.5 Å². The second-order valence-corrected chi connectivity index (χ2v) is 6.60. The molecule has 11 heteroatoms. The van der Waals surface area contributed by atoms with E-state index in [-0.39, 0.29) is 0 Å². The molecule has 0 unspecified atom stereocenters. The Morgan fingerprint density at radius 2 is 1.78 bits per heavy atom. The van der Waals surface area contributed by atoms with Crippen molar-refractivity contribution in [3.05, 3.63) is 22.5 Å². The van der Waals surface area contributed by atoms with E-state index in [2.05, 4.69) is 4.98 Å². The molecule has 0 saturated carbocycles. The van der Waals surface area contributed by atoms with Gasteiger partial charge >= 0.3 is 12.1 Å². The fourth-order valence-corrected chi connectivity index (χ4v) is 3.41. The van der Waals surface area contributed by atoms with E-state index >= 15 is 0 Å². The van der Waals surface area contributed by atoms with E-state index in [0.717, 1.165) is 6.92 Å². The van der Waals surface area contributed by atoms with E-state index in [9.17, 15) is 35.2 Å². The van der Waals surface area contributed by atoms with Crippen LogP contribution in [0.4, 0.5) is 22.0 Å². The van der Waals surface area contributed by atoms with Gasteiger partial charge in [-0.2, -0.15) is 13.2 Å². The van der Waals surface area contributed by atoms with Gasteiger partial charge in [-0.05, 0) is 12.0 Å². The Kier molecular flexibility index (Phi) is 5.34. The van der Waals surface area contributed by atoms with E-state index in [1.54, 1.807) is 0 Å². The summed E-state index contributed by atoms with van der Waals surface area (Å²) in [6, 6.07) is 0. The van der Waals surface area contributed by atoms with Crippen LogP contribution in [0.15, 0.2) is 4.90 Å². The smallest absolute Gasteiger partial charge is 0.434 e. The van der Waals surface area contributed by atoms with Crippen molar-refractivity contribution in [3.8, 4) is 0 Å². The first kappa shape index (κ1) is 19.3. The van der Waals surface area contributed by atoms with Gasteiger partial charge in [0, 0.05) is 0 Å². The van der Waals surface area contributed by atoms with Crippen molar-refractivity contribution >= 4 is 15.8 Å². The third-order valence-corrected chi connectivity index (χ3v) is 4.85. The van der Waals surface area contributed by atoms with Crippen LogP contribution in [0.2, 0.25) is 0 Å². The third kappa shape index (κ3) is 3.59. The molecule has 0 amide bonds. The predicted molar refractivity (Wildman–Crippen MR) is 68.3 cm³/mol.